The number of aromatic nitrogens is 1. The van der Waals surface area contributed by atoms with E-state index < -0.39 is 11.7 Å². The third kappa shape index (κ3) is 3.76. The number of anilines is 2. The van der Waals surface area contributed by atoms with E-state index in [1.165, 1.54) is 0 Å². The normalized spacial score (nSPS) is 11.0. The quantitative estimate of drug-likeness (QED) is 0.766. The molecule has 0 aromatic carbocycles. The molecule has 1 heterocycles. The molecule has 0 unspecified atom stereocenters. The highest BCUT2D eigenvalue weighted by molar-refractivity contribution is 5.85. The zero-order chi connectivity index (χ0) is 12.3. The minimum absolute atomic E-state index is 0.423. The number of nitrogens with one attached hydrogen (secondary N) is 1. The molecular formula is C11H17N3O2. The molecule has 1 rings (SSSR count). The third-order valence-corrected chi connectivity index (χ3v) is 1.74. The smallest absolute Gasteiger partial charge is 0.412 e. The van der Waals surface area contributed by atoms with Gasteiger partial charge in [0.1, 0.15) is 11.4 Å². The van der Waals surface area contributed by atoms with Crippen LogP contribution in [-0.2, 0) is 4.74 Å². The molecule has 1 amide bonds. The number of carbonyl (C=O) groups is 1. The van der Waals surface area contributed by atoms with Crippen molar-refractivity contribution in [3.63, 3.8) is 0 Å². The van der Waals surface area contributed by atoms with Crippen LogP contribution in [0, 0.1) is 6.92 Å². The molecular weight excluding hydrogens is 206 g/mol. The SMILES string of the molecule is Cc1nc(N)ccc1NC(=O)OC(C)(C)C. The van der Waals surface area contributed by atoms with Crippen LogP contribution in [-0.4, -0.2) is 16.7 Å². The van der Waals surface area contributed by atoms with E-state index >= 15 is 0 Å². The number of rotatable bonds is 1. The lowest BCUT2D eigenvalue weighted by Gasteiger charge is -2.20. The lowest BCUT2D eigenvalue weighted by molar-refractivity contribution is 0.0635. The fourth-order valence-electron chi connectivity index (χ4n) is 1.13. The number of hydrogen-bond donors (Lipinski definition) is 2. The van der Waals surface area contributed by atoms with Crippen molar-refractivity contribution in [2.45, 2.75) is 33.3 Å². The van der Waals surface area contributed by atoms with Crippen molar-refractivity contribution < 1.29 is 9.53 Å². The number of pyridine rings is 1. The molecule has 3 N–H and O–H groups in total. The number of aryl methyl sites for hydroxylation is 1. The first kappa shape index (κ1) is 12.3. The second-order valence-electron chi connectivity index (χ2n) is 4.50. The maximum Gasteiger partial charge on any atom is 0.412 e. The maximum absolute atomic E-state index is 11.5. The summed E-state index contributed by atoms with van der Waals surface area (Å²) >= 11 is 0. The van der Waals surface area contributed by atoms with E-state index in [4.69, 9.17) is 10.5 Å². The molecule has 0 aliphatic carbocycles. The number of nitrogen functional groups attached to an aromatic ring is 1. The van der Waals surface area contributed by atoms with E-state index in [0.717, 1.165) is 0 Å². The number of ether oxygens (including phenoxy) is 1. The minimum atomic E-state index is -0.515. The van der Waals surface area contributed by atoms with E-state index in [9.17, 15) is 4.79 Å². The Morgan fingerprint density at radius 2 is 2.06 bits per heavy atom. The van der Waals surface area contributed by atoms with Crippen LogP contribution in [0.2, 0.25) is 0 Å². The molecule has 1 aromatic heterocycles. The van der Waals surface area contributed by atoms with Gasteiger partial charge in [0, 0.05) is 0 Å². The lowest BCUT2D eigenvalue weighted by atomic mass is 10.2. The molecule has 88 valence electrons. The summed E-state index contributed by atoms with van der Waals surface area (Å²) in [5.74, 6) is 0.423. The van der Waals surface area contributed by atoms with Crippen LogP contribution in [0.5, 0.6) is 0 Å². The van der Waals surface area contributed by atoms with Crippen molar-refractivity contribution in [1.29, 1.82) is 0 Å². The Morgan fingerprint density at radius 3 is 2.56 bits per heavy atom. The Morgan fingerprint density at radius 1 is 1.44 bits per heavy atom. The summed E-state index contributed by atoms with van der Waals surface area (Å²) in [5, 5.41) is 2.61. The molecule has 0 bridgehead atoms. The largest absolute Gasteiger partial charge is 0.444 e. The summed E-state index contributed by atoms with van der Waals surface area (Å²) < 4.78 is 5.12. The Bertz CT molecular complexity index is 397. The average molecular weight is 223 g/mol. The summed E-state index contributed by atoms with van der Waals surface area (Å²) in [6.07, 6.45) is -0.498. The average Bonchev–Trinajstić information content (AvgIpc) is 2.06. The number of nitrogens with two attached hydrogens (primary N) is 1. The second kappa shape index (κ2) is 4.38. The van der Waals surface area contributed by atoms with Crippen molar-refractivity contribution in [2.75, 3.05) is 11.1 Å². The zero-order valence-corrected chi connectivity index (χ0v) is 10.00. The Kier molecular flexibility index (Phi) is 3.37. The van der Waals surface area contributed by atoms with Gasteiger partial charge in [-0.2, -0.15) is 0 Å². The van der Waals surface area contributed by atoms with Gasteiger partial charge in [0.2, 0.25) is 0 Å². The van der Waals surface area contributed by atoms with Gasteiger partial charge in [-0.15, -0.1) is 0 Å². The molecule has 0 fully saturated rings. The molecule has 0 saturated heterocycles. The van der Waals surface area contributed by atoms with Crippen molar-refractivity contribution in [3.8, 4) is 0 Å². The zero-order valence-electron chi connectivity index (χ0n) is 10.00. The maximum atomic E-state index is 11.5. The molecule has 5 nitrogen and oxygen atoms in total. The van der Waals surface area contributed by atoms with E-state index in [0.29, 0.717) is 17.2 Å². The highest BCUT2D eigenvalue weighted by Gasteiger charge is 2.16. The minimum Gasteiger partial charge on any atom is -0.444 e. The molecule has 5 heteroatoms. The summed E-state index contributed by atoms with van der Waals surface area (Å²) in [6.45, 7) is 7.19. The van der Waals surface area contributed by atoms with Gasteiger partial charge in [0.25, 0.3) is 0 Å². The first-order chi connectivity index (χ1) is 7.28. The summed E-state index contributed by atoms with van der Waals surface area (Å²) in [5.41, 5.74) is 6.25. The van der Waals surface area contributed by atoms with Crippen molar-refractivity contribution in [2.24, 2.45) is 0 Å². The number of amides is 1. The number of nitrogens with zero attached hydrogens (tertiary/aromatic N) is 1. The first-order valence-corrected chi connectivity index (χ1v) is 5.01. The summed E-state index contributed by atoms with van der Waals surface area (Å²) in [4.78, 5) is 15.5. The third-order valence-electron chi connectivity index (χ3n) is 1.74. The molecule has 0 aliphatic rings. The van der Waals surface area contributed by atoms with E-state index in [1.54, 1.807) is 39.8 Å². The molecule has 16 heavy (non-hydrogen) atoms. The van der Waals surface area contributed by atoms with Crippen molar-refractivity contribution in [1.82, 2.24) is 4.98 Å². The van der Waals surface area contributed by atoms with Crippen molar-refractivity contribution in [3.05, 3.63) is 17.8 Å². The fourth-order valence-corrected chi connectivity index (χ4v) is 1.13. The Hall–Kier alpha value is -1.78. The Labute approximate surface area is 95.0 Å². The molecule has 0 atom stereocenters. The van der Waals surface area contributed by atoms with Gasteiger partial charge in [0.15, 0.2) is 0 Å². The predicted octanol–water partition coefficient (Wildman–Crippen LogP) is 2.32. The number of carbonyl (C=O) groups excluding carboxylic acids is 1. The van der Waals surface area contributed by atoms with Gasteiger partial charge in [0.05, 0.1) is 11.4 Å². The molecule has 0 aliphatic heterocycles. The fraction of sp³-hybridized carbons (Fsp3) is 0.455. The molecule has 0 spiro atoms. The molecule has 0 radical (unpaired) electrons. The monoisotopic (exact) mass is 223 g/mol. The van der Waals surface area contributed by atoms with Crippen molar-refractivity contribution >= 4 is 17.6 Å². The van der Waals surface area contributed by atoms with Gasteiger partial charge < -0.3 is 10.5 Å². The van der Waals surface area contributed by atoms with Crippen LogP contribution in [0.4, 0.5) is 16.3 Å². The lowest BCUT2D eigenvalue weighted by Crippen LogP contribution is -2.27. The molecule has 0 saturated carbocycles. The highest BCUT2D eigenvalue weighted by Crippen LogP contribution is 2.15. The van der Waals surface area contributed by atoms with Crippen LogP contribution >= 0.6 is 0 Å². The van der Waals surface area contributed by atoms with Gasteiger partial charge in [-0.3, -0.25) is 5.32 Å². The van der Waals surface area contributed by atoms with E-state index in [-0.39, 0.29) is 0 Å². The van der Waals surface area contributed by atoms with Gasteiger partial charge in [-0.05, 0) is 39.8 Å². The van der Waals surface area contributed by atoms with Gasteiger partial charge in [-0.1, -0.05) is 0 Å². The predicted molar refractivity (Wildman–Crippen MR) is 63.2 cm³/mol. The van der Waals surface area contributed by atoms with Crippen LogP contribution in [0.3, 0.4) is 0 Å². The van der Waals surface area contributed by atoms with Crippen LogP contribution in [0.15, 0.2) is 12.1 Å². The van der Waals surface area contributed by atoms with Gasteiger partial charge in [-0.25, -0.2) is 9.78 Å². The van der Waals surface area contributed by atoms with E-state index in [1.807, 2.05) is 0 Å². The van der Waals surface area contributed by atoms with Crippen LogP contribution < -0.4 is 11.1 Å². The van der Waals surface area contributed by atoms with Gasteiger partial charge >= 0.3 is 6.09 Å². The second-order valence-corrected chi connectivity index (χ2v) is 4.50. The topological polar surface area (TPSA) is 77.2 Å². The summed E-state index contributed by atoms with van der Waals surface area (Å²) in [6, 6.07) is 3.32. The first-order valence-electron chi connectivity index (χ1n) is 5.01. The highest BCUT2D eigenvalue weighted by atomic mass is 16.6. The Balaban J connectivity index is 2.70. The molecule has 1 aromatic rings. The van der Waals surface area contributed by atoms with E-state index in [2.05, 4.69) is 10.3 Å². The standard InChI is InChI=1S/C11H17N3O2/c1-7-8(5-6-9(12)13-7)14-10(15)16-11(2,3)4/h5-6H,1-4H3,(H2,12,13)(H,14,15). The van der Waals surface area contributed by atoms with Crippen LogP contribution in [0.1, 0.15) is 26.5 Å². The summed E-state index contributed by atoms with van der Waals surface area (Å²) in [7, 11) is 0. The van der Waals surface area contributed by atoms with Crippen LogP contribution in [0.25, 0.3) is 0 Å². The number of hydrogen-bond acceptors (Lipinski definition) is 4.